The number of hydrogen-bond donors (Lipinski definition) is 0. The Labute approximate surface area is 106 Å². The number of rotatable bonds is 5. The van der Waals surface area contributed by atoms with Gasteiger partial charge in [0, 0.05) is 0 Å². The number of nitrogens with zero attached hydrogens (tertiary/aromatic N) is 1. The molecule has 0 N–H and O–H groups in total. The first-order chi connectivity index (χ1) is 7.81. The lowest BCUT2D eigenvalue weighted by Crippen LogP contribution is -2.37. The van der Waals surface area contributed by atoms with E-state index in [0.29, 0.717) is 9.21 Å². The minimum absolute atomic E-state index is 0.171. The van der Waals surface area contributed by atoms with E-state index < -0.39 is 12.7 Å². The highest BCUT2D eigenvalue weighted by Gasteiger charge is 2.31. The molecule has 0 saturated carbocycles. The summed E-state index contributed by atoms with van der Waals surface area (Å²) in [5, 5.41) is 0. The Morgan fingerprint density at radius 1 is 1.47 bits per heavy atom. The number of carbonyl (C=O) groups is 1. The van der Waals surface area contributed by atoms with Crippen LogP contribution in [0.4, 0.5) is 13.2 Å². The number of likely N-dealkylation sites (N-methyl/N-ethyl adjacent to an activating group) is 1. The zero-order valence-corrected chi connectivity index (χ0v) is 10.6. The molecule has 1 rings (SSSR count). The van der Waals surface area contributed by atoms with Crippen molar-refractivity contribution in [3.63, 3.8) is 0 Å². The van der Waals surface area contributed by atoms with Gasteiger partial charge in [0.25, 0.3) is 0 Å². The molecule has 0 unspecified atom stereocenters. The maximum Gasteiger partial charge on any atom is 0.401 e. The van der Waals surface area contributed by atoms with Crippen molar-refractivity contribution < 1.29 is 18.0 Å². The third-order valence-electron chi connectivity index (χ3n) is 2.07. The summed E-state index contributed by atoms with van der Waals surface area (Å²) in [7, 11) is 0. The molecule has 0 atom stereocenters. The van der Waals surface area contributed by atoms with E-state index in [1.165, 1.54) is 6.07 Å². The number of carbonyl (C=O) groups excluding carboxylic acids is 1. The summed E-state index contributed by atoms with van der Waals surface area (Å²) in [6.07, 6.45) is -4.29. The standard InChI is InChI=1S/C10H11ClF3NOS/c1-2-15(6-10(12,13)14)5-7(16)8-3-4-9(11)17-8/h3-4H,2,5-6H2,1H3. The summed E-state index contributed by atoms with van der Waals surface area (Å²) in [4.78, 5) is 13.1. The van der Waals surface area contributed by atoms with Gasteiger partial charge in [-0.1, -0.05) is 18.5 Å². The van der Waals surface area contributed by atoms with Crippen molar-refractivity contribution in [1.82, 2.24) is 4.90 Å². The van der Waals surface area contributed by atoms with Crippen LogP contribution in [-0.4, -0.2) is 36.5 Å². The quantitative estimate of drug-likeness (QED) is 0.772. The van der Waals surface area contributed by atoms with Crippen molar-refractivity contribution >= 4 is 28.7 Å². The highest BCUT2D eigenvalue weighted by atomic mass is 35.5. The SMILES string of the molecule is CCN(CC(=O)c1ccc(Cl)s1)CC(F)(F)F. The molecule has 0 radical (unpaired) electrons. The van der Waals surface area contributed by atoms with Crippen LogP contribution in [0.1, 0.15) is 16.6 Å². The number of hydrogen-bond acceptors (Lipinski definition) is 3. The Morgan fingerprint density at radius 3 is 2.53 bits per heavy atom. The van der Waals surface area contributed by atoms with Gasteiger partial charge in [-0.2, -0.15) is 13.2 Å². The maximum atomic E-state index is 12.2. The van der Waals surface area contributed by atoms with E-state index in [-0.39, 0.29) is 18.9 Å². The molecule has 0 fully saturated rings. The van der Waals surface area contributed by atoms with E-state index in [1.807, 2.05) is 0 Å². The zero-order valence-electron chi connectivity index (χ0n) is 9.05. The number of thiophene rings is 1. The number of ketones is 1. The maximum absolute atomic E-state index is 12.2. The molecule has 2 nitrogen and oxygen atoms in total. The molecule has 0 aromatic carbocycles. The lowest BCUT2D eigenvalue weighted by atomic mass is 10.3. The molecule has 0 aliphatic carbocycles. The minimum Gasteiger partial charge on any atom is -0.292 e. The van der Waals surface area contributed by atoms with Crippen molar-refractivity contribution in [3.05, 3.63) is 21.3 Å². The van der Waals surface area contributed by atoms with E-state index in [4.69, 9.17) is 11.6 Å². The van der Waals surface area contributed by atoms with Gasteiger partial charge < -0.3 is 0 Å². The van der Waals surface area contributed by atoms with E-state index in [1.54, 1.807) is 13.0 Å². The molecule has 96 valence electrons. The first kappa shape index (κ1) is 14.5. The van der Waals surface area contributed by atoms with Crippen molar-refractivity contribution in [2.75, 3.05) is 19.6 Å². The zero-order chi connectivity index (χ0) is 13.1. The molecule has 0 bridgehead atoms. The second kappa shape index (κ2) is 5.84. The fourth-order valence-electron chi connectivity index (χ4n) is 1.28. The topological polar surface area (TPSA) is 20.3 Å². The normalized spacial score (nSPS) is 12.1. The predicted molar refractivity (Wildman–Crippen MR) is 61.8 cm³/mol. The molecule has 7 heteroatoms. The second-order valence-electron chi connectivity index (χ2n) is 3.45. The Balaban J connectivity index is 2.60. The molecule has 0 aliphatic heterocycles. The van der Waals surface area contributed by atoms with Gasteiger partial charge in [0.2, 0.25) is 0 Å². The Bertz CT molecular complexity index is 391. The van der Waals surface area contributed by atoms with Gasteiger partial charge in [-0.15, -0.1) is 11.3 Å². The largest absolute Gasteiger partial charge is 0.401 e. The van der Waals surface area contributed by atoms with Gasteiger partial charge in [0.1, 0.15) is 0 Å². The lowest BCUT2D eigenvalue weighted by Gasteiger charge is -2.20. The average Bonchev–Trinajstić information content (AvgIpc) is 2.61. The molecule has 0 spiro atoms. The third-order valence-corrected chi connectivity index (χ3v) is 3.34. The molecule has 0 saturated heterocycles. The Hall–Kier alpha value is -0.590. The van der Waals surface area contributed by atoms with Gasteiger partial charge >= 0.3 is 6.18 Å². The van der Waals surface area contributed by atoms with Crippen LogP contribution in [-0.2, 0) is 0 Å². The van der Waals surface area contributed by atoms with Crippen molar-refractivity contribution in [1.29, 1.82) is 0 Å². The van der Waals surface area contributed by atoms with Crippen molar-refractivity contribution in [3.8, 4) is 0 Å². The summed E-state index contributed by atoms with van der Waals surface area (Å²) in [5.41, 5.74) is 0. The molecule has 1 heterocycles. The molecule has 1 aromatic heterocycles. The fraction of sp³-hybridized carbons (Fsp3) is 0.500. The van der Waals surface area contributed by atoms with Gasteiger partial charge in [-0.3, -0.25) is 9.69 Å². The number of Topliss-reactive ketones (excluding diaryl/α,β-unsaturated/α-hetero) is 1. The smallest absolute Gasteiger partial charge is 0.292 e. The monoisotopic (exact) mass is 285 g/mol. The Kier molecular flexibility index (Phi) is 4.97. The molecule has 0 aliphatic rings. The number of halogens is 4. The van der Waals surface area contributed by atoms with Crippen LogP contribution in [0.5, 0.6) is 0 Å². The summed E-state index contributed by atoms with van der Waals surface area (Å²) in [6, 6.07) is 3.08. The van der Waals surface area contributed by atoms with Crippen LogP contribution in [0.25, 0.3) is 0 Å². The third kappa shape index (κ3) is 5.06. The number of alkyl halides is 3. The Morgan fingerprint density at radius 2 is 2.12 bits per heavy atom. The van der Waals surface area contributed by atoms with Gasteiger partial charge in [0.05, 0.1) is 22.3 Å². The lowest BCUT2D eigenvalue weighted by molar-refractivity contribution is -0.144. The highest BCUT2D eigenvalue weighted by Crippen LogP contribution is 2.22. The predicted octanol–water partition coefficient (Wildman–Crippen LogP) is 3.47. The molecular formula is C10H11ClF3NOS. The van der Waals surface area contributed by atoms with Crippen molar-refractivity contribution in [2.45, 2.75) is 13.1 Å². The molecule has 17 heavy (non-hydrogen) atoms. The molecule has 1 aromatic rings. The van der Waals surface area contributed by atoms with E-state index in [0.717, 1.165) is 16.2 Å². The summed E-state index contributed by atoms with van der Waals surface area (Å²) in [5.74, 6) is -0.340. The first-order valence-electron chi connectivity index (χ1n) is 4.89. The van der Waals surface area contributed by atoms with Crippen molar-refractivity contribution in [2.24, 2.45) is 0 Å². The molecule has 0 amide bonds. The van der Waals surface area contributed by atoms with Crippen LogP contribution < -0.4 is 0 Å². The summed E-state index contributed by atoms with van der Waals surface area (Å²) < 4.78 is 37.0. The van der Waals surface area contributed by atoms with Crippen LogP contribution in [0.3, 0.4) is 0 Å². The van der Waals surface area contributed by atoms with Gasteiger partial charge in [0.15, 0.2) is 5.78 Å². The van der Waals surface area contributed by atoms with Crippen LogP contribution in [0, 0.1) is 0 Å². The van der Waals surface area contributed by atoms with Gasteiger partial charge in [-0.05, 0) is 18.7 Å². The fourth-order valence-corrected chi connectivity index (χ4v) is 2.25. The van der Waals surface area contributed by atoms with Crippen LogP contribution in [0.15, 0.2) is 12.1 Å². The van der Waals surface area contributed by atoms with E-state index >= 15 is 0 Å². The highest BCUT2D eigenvalue weighted by molar-refractivity contribution is 7.18. The first-order valence-corrected chi connectivity index (χ1v) is 6.09. The second-order valence-corrected chi connectivity index (χ2v) is 5.16. The van der Waals surface area contributed by atoms with Crippen LogP contribution in [0.2, 0.25) is 4.34 Å². The van der Waals surface area contributed by atoms with Gasteiger partial charge in [-0.25, -0.2) is 0 Å². The summed E-state index contributed by atoms with van der Waals surface area (Å²) in [6.45, 7) is 0.436. The minimum atomic E-state index is -4.29. The van der Waals surface area contributed by atoms with E-state index in [2.05, 4.69) is 0 Å². The molecular weight excluding hydrogens is 275 g/mol. The van der Waals surface area contributed by atoms with Crippen LogP contribution >= 0.6 is 22.9 Å². The average molecular weight is 286 g/mol. The van der Waals surface area contributed by atoms with E-state index in [9.17, 15) is 18.0 Å². The summed E-state index contributed by atoms with van der Waals surface area (Å²) >= 11 is 6.73.